The second-order valence-corrected chi connectivity index (χ2v) is 10.6. The molecule has 0 atom stereocenters. The normalized spacial score (nSPS) is 11.2. The number of carbonyl (C=O) groups excluding carboxylic acids is 2. The van der Waals surface area contributed by atoms with Crippen molar-refractivity contribution in [3.63, 3.8) is 0 Å². The highest BCUT2D eigenvalue weighted by molar-refractivity contribution is 7.99. The van der Waals surface area contributed by atoms with Gasteiger partial charge in [0.1, 0.15) is 5.82 Å². The summed E-state index contributed by atoms with van der Waals surface area (Å²) in [4.78, 5) is 43.7. The molecule has 0 saturated heterocycles. The second-order valence-electron chi connectivity index (χ2n) is 9.66. The number of amides is 1. The van der Waals surface area contributed by atoms with E-state index in [1.54, 1.807) is 22.8 Å². The monoisotopic (exact) mass is 531 g/mol. The van der Waals surface area contributed by atoms with Crippen molar-refractivity contribution < 1.29 is 14.0 Å². The van der Waals surface area contributed by atoms with Crippen molar-refractivity contribution in [2.45, 2.75) is 38.9 Å². The molecule has 196 valence electrons. The third-order valence-corrected chi connectivity index (χ3v) is 7.13. The van der Waals surface area contributed by atoms with Crippen LogP contribution in [-0.2, 0) is 6.54 Å². The van der Waals surface area contributed by atoms with Crippen molar-refractivity contribution >= 4 is 34.4 Å². The van der Waals surface area contributed by atoms with Gasteiger partial charge >= 0.3 is 0 Å². The van der Waals surface area contributed by atoms with Gasteiger partial charge in [-0.2, -0.15) is 0 Å². The molecule has 8 heteroatoms. The molecule has 38 heavy (non-hydrogen) atoms. The van der Waals surface area contributed by atoms with Crippen molar-refractivity contribution in [2.24, 2.45) is 5.92 Å². The first-order chi connectivity index (χ1) is 18.2. The maximum Gasteiger partial charge on any atom is 0.262 e. The van der Waals surface area contributed by atoms with Crippen LogP contribution >= 0.6 is 11.8 Å². The molecular weight excluding hydrogens is 501 g/mol. The highest BCUT2D eigenvalue weighted by Crippen LogP contribution is 2.22. The molecule has 0 aliphatic carbocycles. The number of fused-ring (bicyclic) bond motifs is 1. The van der Waals surface area contributed by atoms with Gasteiger partial charge in [0.05, 0.1) is 23.2 Å². The summed E-state index contributed by atoms with van der Waals surface area (Å²) < 4.78 is 14.8. The number of halogens is 1. The van der Waals surface area contributed by atoms with E-state index in [2.05, 4.69) is 19.2 Å². The van der Waals surface area contributed by atoms with Gasteiger partial charge < -0.3 is 5.32 Å². The summed E-state index contributed by atoms with van der Waals surface area (Å²) >= 11 is 1.14. The molecule has 4 aromatic rings. The average Bonchev–Trinajstić information content (AvgIpc) is 2.90. The first kappa shape index (κ1) is 27.3. The minimum Gasteiger partial charge on any atom is -0.352 e. The molecule has 0 radical (unpaired) electrons. The number of nitrogens with one attached hydrogen (secondary N) is 1. The third-order valence-electron chi connectivity index (χ3n) is 6.15. The maximum atomic E-state index is 13.6. The van der Waals surface area contributed by atoms with Crippen molar-refractivity contribution in [1.29, 1.82) is 0 Å². The molecule has 1 heterocycles. The lowest BCUT2D eigenvalue weighted by atomic mass is 10.1. The number of Topliss-reactive ketones (excluding diaryl/α,β-unsaturated/α-hetero) is 1. The van der Waals surface area contributed by atoms with Gasteiger partial charge in [-0.3, -0.25) is 19.0 Å². The van der Waals surface area contributed by atoms with Crippen LogP contribution in [0.25, 0.3) is 10.9 Å². The van der Waals surface area contributed by atoms with Crippen LogP contribution in [0.1, 0.15) is 52.1 Å². The molecule has 1 N–H and O–H groups in total. The summed E-state index contributed by atoms with van der Waals surface area (Å²) in [5.41, 5.74) is 2.97. The fourth-order valence-electron chi connectivity index (χ4n) is 3.89. The number of ketones is 1. The lowest BCUT2D eigenvalue weighted by molar-refractivity contribution is 0.0951. The Morgan fingerprint density at radius 1 is 1.00 bits per heavy atom. The van der Waals surface area contributed by atoms with Crippen LogP contribution < -0.4 is 10.9 Å². The second kappa shape index (κ2) is 12.2. The topological polar surface area (TPSA) is 81.1 Å². The first-order valence-electron chi connectivity index (χ1n) is 12.5. The lowest BCUT2D eigenvalue weighted by Crippen LogP contribution is -2.26. The van der Waals surface area contributed by atoms with Gasteiger partial charge in [0.2, 0.25) is 0 Å². The number of aromatic nitrogens is 2. The van der Waals surface area contributed by atoms with E-state index >= 15 is 0 Å². The summed E-state index contributed by atoms with van der Waals surface area (Å²) in [7, 11) is 0. The predicted molar refractivity (Wildman–Crippen MR) is 150 cm³/mol. The Kier molecular flexibility index (Phi) is 8.73. The van der Waals surface area contributed by atoms with Crippen LogP contribution in [0.4, 0.5) is 4.39 Å². The molecule has 1 aromatic heterocycles. The number of nitrogens with zero attached hydrogens (tertiary/aromatic N) is 2. The van der Waals surface area contributed by atoms with Crippen LogP contribution in [-0.4, -0.2) is 33.5 Å². The van der Waals surface area contributed by atoms with Crippen LogP contribution in [0, 0.1) is 18.7 Å². The zero-order valence-corrected chi connectivity index (χ0v) is 22.5. The van der Waals surface area contributed by atoms with Crippen LogP contribution in [0.3, 0.4) is 0 Å². The highest BCUT2D eigenvalue weighted by Gasteiger charge is 2.16. The number of thioether (sulfide) groups is 1. The van der Waals surface area contributed by atoms with Gasteiger partial charge in [-0.1, -0.05) is 55.4 Å². The summed E-state index contributed by atoms with van der Waals surface area (Å²) in [6.45, 7) is 7.02. The van der Waals surface area contributed by atoms with Crippen LogP contribution in [0.2, 0.25) is 0 Å². The Morgan fingerprint density at radius 2 is 1.68 bits per heavy atom. The quantitative estimate of drug-likeness (QED) is 0.163. The van der Waals surface area contributed by atoms with E-state index in [1.165, 1.54) is 24.3 Å². The van der Waals surface area contributed by atoms with E-state index in [9.17, 15) is 18.8 Å². The van der Waals surface area contributed by atoms with E-state index < -0.39 is 5.82 Å². The highest BCUT2D eigenvalue weighted by atomic mass is 32.2. The van der Waals surface area contributed by atoms with Gasteiger partial charge in [0.15, 0.2) is 10.9 Å². The Hall–Kier alpha value is -3.78. The smallest absolute Gasteiger partial charge is 0.262 e. The van der Waals surface area contributed by atoms with Crippen molar-refractivity contribution in [3.8, 4) is 0 Å². The molecule has 0 unspecified atom stereocenters. The number of rotatable bonds is 10. The molecule has 0 fully saturated rings. The van der Waals surface area contributed by atoms with Gasteiger partial charge in [-0.05, 0) is 67.3 Å². The number of hydrogen-bond donors (Lipinski definition) is 1. The molecule has 6 nitrogen and oxygen atoms in total. The van der Waals surface area contributed by atoms with E-state index in [4.69, 9.17) is 4.98 Å². The van der Waals surface area contributed by atoms with Crippen LogP contribution in [0.15, 0.2) is 76.7 Å². The summed E-state index contributed by atoms with van der Waals surface area (Å²) in [6.07, 6.45) is 0.865. The Morgan fingerprint density at radius 3 is 2.37 bits per heavy atom. The Bertz CT molecular complexity index is 1510. The Balaban J connectivity index is 1.67. The van der Waals surface area contributed by atoms with Gasteiger partial charge in [0, 0.05) is 17.7 Å². The summed E-state index contributed by atoms with van der Waals surface area (Å²) in [5.74, 6) is -0.352. The standard InChI is InChI=1S/C30H30FN3O3S/c1-19(2)14-15-32-28(36)23-10-13-25-26(16-23)33-30(38-18-27(35)22-8-11-24(31)12-9-22)34(29(25)37)17-21-6-4-20(3)5-7-21/h4-13,16,19H,14-15,17-18H2,1-3H3,(H,32,36). The molecule has 3 aromatic carbocycles. The number of benzene rings is 3. The predicted octanol–water partition coefficient (Wildman–Crippen LogP) is 5.64. The fraction of sp³-hybridized carbons (Fsp3) is 0.267. The summed E-state index contributed by atoms with van der Waals surface area (Å²) in [6, 6.07) is 18.1. The van der Waals surface area contributed by atoms with E-state index in [1.807, 2.05) is 31.2 Å². The van der Waals surface area contributed by atoms with Gasteiger partial charge in [0.25, 0.3) is 11.5 Å². The third kappa shape index (κ3) is 6.75. The largest absolute Gasteiger partial charge is 0.352 e. The molecule has 0 aliphatic heterocycles. The molecule has 0 aliphatic rings. The molecule has 4 rings (SSSR count). The molecule has 0 bridgehead atoms. The van der Waals surface area contributed by atoms with E-state index in [0.29, 0.717) is 39.6 Å². The minimum atomic E-state index is -0.415. The van der Waals surface area contributed by atoms with Crippen molar-refractivity contribution in [3.05, 3.63) is 105 Å². The van der Waals surface area contributed by atoms with E-state index in [0.717, 1.165) is 29.3 Å². The zero-order chi connectivity index (χ0) is 27.2. The maximum absolute atomic E-state index is 13.6. The van der Waals surface area contributed by atoms with Crippen molar-refractivity contribution in [1.82, 2.24) is 14.9 Å². The van der Waals surface area contributed by atoms with Gasteiger partial charge in [-0.25, -0.2) is 9.37 Å². The fourth-order valence-corrected chi connectivity index (χ4v) is 4.79. The minimum absolute atomic E-state index is 0.0207. The Labute approximate surface area is 225 Å². The molecule has 0 saturated carbocycles. The number of aryl methyl sites for hydroxylation is 1. The lowest BCUT2D eigenvalue weighted by Gasteiger charge is -2.14. The first-order valence-corrected chi connectivity index (χ1v) is 13.5. The SMILES string of the molecule is Cc1ccc(Cn2c(SCC(=O)c3ccc(F)cc3)nc3cc(C(=O)NCCC(C)C)ccc3c2=O)cc1. The van der Waals surface area contributed by atoms with Crippen LogP contribution in [0.5, 0.6) is 0 Å². The summed E-state index contributed by atoms with van der Waals surface area (Å²) in [5, 5.41) is 3.67. The van der Waals surface area contributed by atoms with Gasteiger partial charge in [-0.15, -0.1) is 0 Å². The molecular formula is C30H30FN3O3S. The average molecular weight is 532 g/mol. The molecule has 1 amide bonds. The van der Waals surface area contributed by atoms with Crippen molar-refractivity contribution in [2.75, 3.05) is 12.3 Å². The zero-order valence-electron chi connectivity index (χ0n) is 21.7. The number of hydrogen-bond acceptors (Lipinski definition) is 5. The van der Waals surface area contributed by atoms with E-state index in [-0.39, 0.29) is 29.5 Å². The number of carbonyl (C=O) groups is 2. The molecule has 0 spiro atoms.